The van der Waals surface area contributed by atoms with Crippen molar-refractivity contribution in [1.82, 2.24) is 14.7 Å². The standard InChI is InChI=1S/C13H18BrN3OS/c1-2-16(10-12-4-5-13(14)19-12)8-11(18)9-17-7-3-6-15-17/h3-7,11,18H,2,8-10H2,1H3/t11-/m0/s1. The first kappa shape index (κ1) is 14.7. The highest BCUT2D eigenvalue weighted by Gasteiger charge is 2.12. The Kier molecular flexibility index (Phi) is 5.57. The fourth-order valence-electron chi connectivity index (χ4n) is 1.94. The summed E-state index contributed by atoms with van der Waals surface area (Å²) in [5.41, 5.74) is 0. The van der Waals surface area contributed by atoms with Crippen molar-refractivity contribution in [2.24, 2.45) is 0 Å². The van der Waals surface area contributed by atoms with E-state index in [0.29, 0.717) is 13.1 Å². The van der Waals surface area contributed by atoms with E-state index in [1.54, 1.807) is 22.2 Å². The highest BCUT2D eigenvalue weighted by molar-refractivity contribution is 9.11. The Morgan fingerprint density at radius 2 is 2.37 bits per heavy atom. The highest BCUT2D eigenvalue weighted by atomic mass is 79.9. The monoisotopic (exact) mass is 343 g/mol. The number of aromatic nitrogens is 2. The van der Waals surface area contributed by atoms with Gasteiger partial charge in [-0.3, -0.25) is 9.58 Å². The van der Waals surface area contributed by atoms with Crippen LogP contribution in [0.25, 0.3) is 0 Å². The summed E-state index contributed by atoms with van der Waals surface area (Å²) in [5, 5.41) is 14.2. The van der Waals surface area contributed by atoms with Gasteiger partial charge in [0.15, 0.2) is 0 Å². The molecular weight excluding hydrogens is 326 g/mol. The molecule has 0 aliphatic rings. The number of aliphatic hydroxyl groups is 1. The predicted octanol–water partition coefficient (Wildman–Crippen LogP) is 2.59. The molecule has 4 nitrogen and oxygen atoms in total. The second kappa shape index (κ2) is 7.19. The number of hydrogen-bond donors (Lipinski definition) is 1. The molecule has 1 N–H and O–H groups in total. The van der Waals surface area contributed by atoms with E-state index in [-0.39, 0.29) is 0 Å². The maximum Gasteiger partial charge on any atom is 0.0862 e. The van der Waals surface area contributed by atoms with Gasteiger partial charge in [0, 0.05) is 30.4 Å². The maximum absolute atomic E-state index is 10.1. The molecule has 2 rings (SSSR count). The first-order chi connectivity index (χ1) is 9.17. The Hall–Kier alpha value is -0.690. The van der Waals surface area contributed by atoms with Crippen LogP contribution >= 0.6 is 27.3 Å². The van der Waals surface area contributed by atoms with Crippen LogP contribution in [0, 0.1) is 0 Å². The Labute approximate surface area is 125 Å². The summed E-state index contributed by atoms with van der Waals surface area (Å²) in [7, 11) is 0. The van der Waals surface area contributed by atoms with Crippen molar-refractivity contribution >= 4 is 27.3 Å². The molecule has 0 fully saturated rings. The zero-order valence-electron chi connectivity index (χ0n) is 10.9. The van der Waals surface area contributed by atoms with Gasteiger partial charge >= 0.3 is 0 Å². The van der Waals surface area contributed by atoms with Crippen LogP contribution in [-0.4, -0.2) is 39.0 Å². The van der Waals surface area contributed by atoms with E-state index in [4.69, 9.17) is 0 Å². The Balaban J connectivity index is 1.84. The predicted molar refractivity (Wildman–Crippen MR) is 81.2 cm³/mol. The van der Waals surface area contributed by atoms with Gasteiger partial charge in [-0.15, -0.1) is 11.3 Å². The molecule has 2 aromatic heterocycles. The van der Waals surface area contributed by atoms with Crippen molar-refractivity contribution in [2.75, 3.05) is 13.1 Å². The molecule has 0 aliphatic heterocycles. The van der Waals surface area contributed by atoms with Gasteiger partial charge in [-0.1, -0.05) is 6.92 Å². The zero-order chi connectivity index (χ0) is 13.7. The number of likely N-dealkylation sites (N-methyl/N-ethyl adjacent to an activating group) is 1. The summed E-state index contributed by atoms with van der Waals surface area (Å²) >= 11 is 5.21. The average Bonchev–Trinajstić information content (AvgIpc) is 3.00. The van der Waals surface area contributed by atoms with Gasteiger partial charge in [0.2, 0.25) is 0 Å². The smallest absolute Gasteiger partial charge is 0.0862 e. The lowest BCUT2D eigenvalue weighted by Crippen LogP contribution is -2.34. The molecule has 1 atom stereocenters. The minimum Gasteiger partial charge on any atom is -0.390 e. The van der Waals surface area contributed by atoms with E-state index >= 15 is 0 Å². The van der Waals surface area contributed by atoms with Gasteiger partial charge < -0.3 is 5.11 Å². The largest absolute Gasteiger partial charge is 0.390 e. The van der Waals surface area contributed by atoms with Gasteiger partial charge in [-0.25, -0.2) is 0 Å². The summed E-state index contributed by atoms with van der Waals surface area (Å²) in [6.45, 7) is 5.11. The van der Waals surface area contributed by atoms with E-state index in [9.17, 15) is 5.11 Å². The second-order valence-electron chi connectivity index (χ2n) is 4.42. The van der Waals surface area contributed by atoms with E-state index in [1.807, 2.05) is 12.3 Å². The van der Waals surface area contributed by atoms with Gasteiger partial charge in [-0.2, -0.15) is 5.10 Å². The summed E-state index contributed by atoms with van der Waals surface area (Å²) in [6, 6.07) is 6.05. The van der Waals surface area contributed by atoms with Crippen LogP contribution in [0.3, 0.4) is 0 Å². The van der Waals surface area contributed by atoms with Crippen molar-refractivity contribution in [1.29, 1.82) is 0 Å². The molecule has 0 saturated carbocycles. The topological polar surface area (TPSA) is 41.3 Å². The summed E-state index contributed by atoms with van der Waals surface area (Å²) in [4.78, 5) is 3.55. The quantitative estimate of drug-likeness (QED) is 0.839. The molecular formula is C13H18BrN3OS. The molecule has 0 radical (unpaired) electrons. The molecule has 19 heavy (non-hydrogen) atoms. The van der Waals surface area contributed by atoms with Crippen molar-refractivity contribution < 1.29 is 5.11 Å². The molecule has 104 valence electrons. The minimum absolute atomic E-state index is 0.400. The molecule has 0 aliphatic carbocycles. The number of halogens is 1. The maximum atomic E-state index is 10.1. The van der Waals surface area contributed by atoms with Crippen molar-refractivity contribution in [3.05, 3.63) is 39.3 Å². The van der Waals surface area contributed by atoms with Crippen molar-refractivity contribution in [3.63, 3.8) is 0 Å². The second-order valence-corrected chi connectivity index (χ2v) is 6.96. The Bertz CT molecular complexity index is 486. The van der Waals surface area contributed by atoms with Gasteiger partial charge in [0.05, 0.1) is 16.4 Å². The van der Waals surface area contributed by atoms with E-state index in [2.05, 4.69) is 45.0 Å². The molecule has 0 bridgehead atoms. The van der Waals surface area contributed by atoms with E-state index < -0.39 is 6.10 Å². The molecule has 2 aromatic rings. The molecule has 0 aromatic carbocycles. The lowest BCUT2D eigenvalue weighted by atomic mass is 10.3. The highest BCUT2D eigenvalue weighted by Crippen LogP contribution is 2.23. The molecule has 6 heteroatoms. The van der Waals surface area contributed by atoms with Crippen molar-refractivity contribution in [3.8, 4) is 0 Å². The number of hydrogen-bond acceptors (Lipinski definition) is 4. The normalized spacial score (nSPS) is 13.1. The molecule has 0 spiro atoms. The van der Waals surface area contributed by atoms with Crippen LogP contribution in [0.1, 0.15) is 11.8 Å². The number of thiophene rings is 1. The van der Waals surface area contributed by atoms with Gasteiger partial charge in [0.1, 0.15) is 0 Å². The lowest BCUT2D eigenvalue weighted by Gasteiger charge is -2.23. The Morgan fingerprint density at radius 3 is 2.95 bits per heavy atom. The third-order valence-corrected chi connectivity index (χ3v) is 4.49. The minimum atomic E-state index is -0.400. The van der Waals surface area contributed by atoms with Crippen LogP contribution in [0.15, 0.2) is 34.4 Å². The van der Waals surface area contributed by atoms with Gasteiger partial charge in [-0.05, 0) is 40.7 Å². The van der Waals surface area contributed by atoms with E-state index in [1.165, 1.54) is 4.88 Å². The number of rotatable bonds is 7. The van der Waals surface area contributed by atoms with Crippen LogP contribution in [0.5, 0.6) is 0 Å². The fourth-order valence-corrected chi connectivity index (χ4v) is 3.47. The first-order valence-electron chi connectivity index (χ1n) is 6.29. The van der Waals surface area contributed by atoms with Crippen LogP contribution in [0.4, 0.5) is 0 Å². The number of nitrogens with zero attached hydrogens (tertiary/aromatic N) is 3. The number of aliphatic hydroxyl groups excluding tert-OH is 1. The zero-order valence-corrected chi connectivity index (χ0v) is 13.3. The third-order valence-electron chi connectivity index (χ3n) is 2.88. The average molecular weight is 344 g/mol. The molecule has 0 unspecified atom stereocenters. The van der Waals surface area contributed by atoms with Crippen LogP contribution < -0.4 is 0 Å². The van der Waals surface area contributed by atoms with Crippen LogP contribution in [0.2, 0.25) is 0 Å². The summed E-state index contributed by atoms with van der Waals surface area (Å²) in [6.07, 6.45) is 3.20. The molecule has 2 heterocycles. The lowest BCUT2D eigenvalue weighted by molar-refractivity contribution is 0.0945. The SMILES string of the molecule is CCN(Cc1ccc(Br)s1)C[C@H](O)Cn1cccn1. The molecule has 0 saturated heterocycles. The summed E-state index contributed by atoms with van der Waals surface area (Å²) in [5.74, 6) is 0. The fraction of sp³-hybridized carbons (Fsp3) is 0.462. The van der Waals surface area contributed by atoms with Crippen molar-refractivity contribution in [2.45, 2.75) is 26.1 Å². The molecule has 0 amide bonds. The first-order valence-corrected chi connectivity index (χ1v) is 7.90. The third kappa shape index (κ3) is 4.72. The Morgan fingerprint density at radius 1 is 1.53 bits per heavy atom. The van der Waals surface area contributed by atoms with E-state index in [0.717, 1.165) is 16.9 Å². The van der Waals surface area contributed by atoms with Crippen LogP contribution in [-0.2, 0) is 13.1 Å². The van der Waals surface area contributed by atoms with Gasteiger partial charge in [0.25, 0.3) is 0 Å². The summed E-state index contributed by atoms with van der Waals surface area (Å²) < 4.78 is 2.91.